The van der Waals surface area contributed by atoms with Crippen molar-refractivity contribution in [2.45, 2.75) is 32.7 Å². The Hall–Kier alpha value is -2.51. The highest BCUT2D eigenvalue weighted by Crippen LogP contribution is 2.10. The molecule has 0 aromatic carbocycles. The van der Waals surface area contributed by atoms with Gasteiger partial charge in [-0.2, -0.15) is 0 Å². The maximum Gasteiger partial charge on any atom is 0.330 e. The van der Waals surface area contributed by atoms with Crippen molar-refractivity contribution in [3.05, 3.63) is 39.1 Å². The van der Waals surface area contributed by atoms with Crippen LogP contribution in [0.5, 0.6) is 0 Å². The molecule has 0 saturated heterocycles. The van der Waals surface area contributed by atoms with Gasteiger partial charge in [0.25, 0.3) is 5.56 Å². The monoisotopic (exact) mass is 292 g/mol. The summed E-state index contributed by atoms with van der Waals surface area (Å²) in [5.41, 5.74) is 5.21. The molecule has 0 unspecified atom stereocenters. The van der Waals surface area contributed by atoms with Crippen LogP contribution in [0.25, 0.3) is 0 Å². The lowest BCUT2D eigenvalue weighted by molar-refractivity contribution is 0.605. The van der Waals surface area contributed by atoms with Gasteiger partial charge in [0.15, 0.2) is 0 Å². The second kappa shape index (κ2) is 6.78. The number of nitrogen functional groups attached to an aromatic ring is 1. The van der Waals surface area contributed by atoms with Crippen LogP contribution in [0.1, 0.15) is 25.6 Å². The van der Waals surface area contributed by atoms with E-state index in [0.717, 1.165) is 18.7 Å². The van der Waals surface area contributed by atoms with Crippen LogP contribution in [0.15, 0.2) is 22.0 Å². The summed E-state index contributed by atoms with van der Waals surface area (Å²) >= 11 is 0. The van der Waals surface area contributed by atoms with Gasteiger partial charge in [-0.05, 0) is 6.42 Å². The molecule has 0 fully saturated rings. The fourth-order valence-corrected chi connectivity index (χ4v) is 2.04. The van der Waals surface area contributed by atoms with Crippen LogP contribution in [0.2, 0.25) is 0 Å². The third-order valence-electron chi connectivity index (χ3n) is 3.19. The van der Waals surface area contributed by atoms with Crippen LogP contribution < -0.4 is 22.3 Å². The number of nitrogens with one attached hydrogen (secondary N) is 3. The van der Waals surface area contributed by atoms with E-state index in [1.165, 1.54) is 4.57 Å². The molecule has 8 heteroatoms. The van der Waals surface area contributed by atoms with Crippen LogP contribution in [0.3, 0.4) is 0 Å². The molecule has 8 nitrogen and oxygen atoms in total. The van der Waals surface area contributed by atoms with Crippen molar-refractivity contribution in [1.29, 1.82) is 0 Å². The predicted octanol–water partition coefficient (Wildman–Crippen LogP) is 0.297. The molecule has 2 rings (SSSR count). The molecule has 0 atom stereocenters. The second-order valence-electron chi connectivity index (χ2n) is 4.74. The molecule has 2 aromatic rings. The maximum absolute atomic E-state index is 11.8. The Kier molecular flexibility index (Phi) is 4.81. The number of aromatic nitrogens is 4. The van der Waals surface area contributed by atoms with Crippen molar-refractivity contribution in [2.24, 2.45) is 0 Å². The molecule has 5 N–H and O–H groups in total. The van der Waals surface area contributed by atoms with E-state index < -0.39 is 11.2 Å². The highest BCUT2D eigenvalue weighted by molar-refractivity contribution is 5.60. The van der Waals surface area contributed by atoms with Crippen molar-refractivity contribution in [3.8, 4) is 0 Å². The number of nitrogens with zero attached hydrogens (tertiary/aromatic N) is 2. The Morgan fingerprint density at radius 2 is 2.24 bits per heavy atom. The van der Waals surface area contributed by atoms with Gasteiger partial charge in [0.1, 0.15) is 17.3 Å². The SMILES string of the molecule is CCCCn1c(N)c(NCCc2ncc[nH]2)c(=O)[nH]c1=O. The Balaban J connectivity index is 2.14. The van der Waals surface area contributed by atoms with Gasteiger partial charge in [-0.1, -0.05) is 13.3 Å². The zero-order valence-corrected chi connectivity index (χ0v) is 12.0. The number of hydrogen-bond donors (Lipinski definition) is 4. The third kappa shape index (κ3) is 3.53. The zero-order chi connectivity index (χ0) is 15.2. The fourth-order valence-electron chi connectivity index (χ4n) is 2.04. The summed E-state index contributed by atoms with van der Waals surface area (Å²) in [6, 6.07) is 0. The minimum absolute atomic E-state index is 0.177. The zero-order valence-electron chi connectivity index (χ0n) is 12.0. The lowest BCUT2D eigenvalue weighted by atomic mass is 10.3. The largest absolute Gasteiger partial charge is 0.383 e. The number of anilines is 2. The van der Waals surface area contributed by atoms with E-state index in [1.54, 1.807) is 12.4 Å². The van der Waals surface area contributed by atoms with Crippen molar-refractivity contribution in [1.82, 2.24) is 19.5 Å². The number of aromatic amines is 2. The van der Waals surface area contributed by atoms with Crippen molar-refractivity contribution < 1.29 is 0 Å². The predicted molar refractivity (Wildman–Crippen MR) is 81.4 cm³/mol. The van der Waals surface area contributed by atoms with Gasteiger partial charge in [-0.15, -0.1) is 0 Å². The van der Waals surface area contributed by atoms with Crippen molar-refractivity contribution in [2.75, 3.05) is 17.6 Å². The minimum atomic E-state index is -0.496. The molecule has 0 amide bonds. The molecule has 114 valence electrons. The molecule has 0 aliphatic carbocycles. The lowest BCUT2D eigenvalue weighted by Crippen LogP contribution is -2.34. The normalized spacial score (nSPS) is 10.7. The summed E-state index contributed by atoms with van der Waals surface area (Å²) in [5, 5.41) is 2.98. The first kappa shape index (κ1) is 14.9. The van der Waals surface area contributed by atoms with Gasteiger partial charge in [-0.25, -0.2) is 9.78 Å². The second-order valence-corrected chi connectivity index (χ2v) is 4.74. The number of H-pyrrole nitrogens is 2. The molecule has 21 heavy (non-hydrogen) atoms. The number of unbranched alkanes of at least 4 members (excludes halogenated alkanes) is 1. The van der Waals surface area contributed by atoms with Crippen LogP contribution in [0, 0.1) is 0 Å². The quantitative estimate of drug-likeness (QED) is 0.584. The van der Waals surface area contributed by atoms with E-state index >= 15 is 0 Å². The van der Waals surface area contributed by atoms with Gasteiger partial charge < -0.3 is 16.0 Å². The van der Waals surface area contributed by atoms with E-state index in [2.05, 4.69) is 20.3 Å². The molecule has 0 radical (unpaired) electrons. The van der Waals surface area contributed by atoms with E-state index in [-0.39, 0.29) is 11.5 Å². The Morgan fingerprint density at radius 3 is 2.90 bits per heavy atom. The third-order valence-corrected chi connectivity index (χ3v) is 3.19. The average Bonchev–Trinajstić information content (AvgIpc) is 2.95. The lowest BCUT2D eigenvalue weighted by Gasteiger charge is -2.13. The Morgan fingerprint density at radius 1 is 1.43 bits per heavy atom. The summed E-state index contributed by atoms with van der Waals surface area (Å²) in [5.74, 6) is 0.994. The molecule has 2 aromatic heterocycles. The van der Waals surface area contributed by atoms with Crippen LogP contribution in [-0.2, 0) is 13.0 Å². The molecule has 0 aliphatic heterocycles. The number of hydrogen-bond acceptors (Lipinski definition) is 5. The fraction of sp³-hybridized carbons (Fsp3) is 0.462. The molecule has 0 aliphatic rings. The van der Waals surface area contributed by atoms with Gasteiger partial charge in [0, 0.05) is 31.9 Å². The summed E-state index contributed by atoms with van der Waals surface area (Å²) in [7, 11) is 0. The summed E-state index contributed by atoms with van der Waals surface area (Å²) < 4.78 is 1.39. The maximum atomic E-state index is 11.8. The van der Waals surface area contributed by atoms with Gasteiger partial charge >= 0.3 is 5.69 Å². The standard InChI is InChI=1S/C13H20N6O2/c1-2-3-8-19-11(14)10(12(20)18-13(19)21)17-5-4-9-15-6-7-16-9/h6-7,17H,2-5,8,14H2,1H3,(H,15,16)(H,18,20,21). The summed E-state index contributed by atoms with van der Waals surface area (Å²) in [4.78, 5) is 33.0. The molecule has 0 spiro atoms. The van der Waals surface area contributed by atoms with Crippen LogP contribution >= 0.6 is 0 Å². The summed E-state index contributed by atoms with van der Waals surface area (Å²) in [6.07, 6.45) is 5.79. The molecular formula is C13H20N6O2. The van der Waals surface area contributed by atoms with Crippen LogP contribution in [-0.4, -0.2) is 26.1 Å². The number of imidazole rings is 1. The first-order chi connectivity index (χ1) is 10.1. The van der Waals surface area contributed by atoms with Crippen LogP contribution in [0.4, 0.5) is 11.5 Å². The highest BCUT2D eigenvalue weighted by Gasteiger charge is 2.11. The van der Waals surface area contributed by atoms with Gasteiger partial charge in [-0.3, -0.25) is 14.3 Å². The van der Waals surface area contributed by atoms with Crippen molar-refractivity contribution in [3.63, 3.8) is 0 Å². The average molecular weight is 292 g/mol. The van der Waals surface area contributed by atoms with Crippen molar-refractivity contribution >= 4 is 11.5 Å². The Bertz CT molecular complexity index is 686. The minimum Gasteiger partial charge on any atom is -0.383 e. The van der Waals surface area contributed by atoms with E-state index in [9.17, 15) is 9.59 Å². The summed E-state index contributed by atoms with van der Waals surface area (Å²) in [6.45, 7) is 3.01. The first-order valence-corrected chi connectivity index (χ1v) is 6.98. The molecular weight excluding hydrogens is 272 g/mol. The highest BCUT2D eigenvalue weighted by atomic mass is 16.2. The topological polar surface area (TPSA) is 122 Å². The van der Waals surface area contributed by atoms with E-state index in [4.69, 9.17) is 5.73 Å². The molecule has 0 bridgehead atoms. The van der Waals surface area contributed by atoms with Gasteiger partial charge in [0.2, 0.25) is 0 Å². The number of rotatable bonds is 7. The van der Waals surface area contributed by atoms with E-state index in [1.807, 2.05) is 6.92 Å². The van der Waals surface area contributed by atoms with Gasteiger partial charge in [0.05, 0.1) is 0 Å². The molecule has 2 heterocycles. The first-order valence-electron chi connectivity index (χ1n) is 6.98. The Labute approximate surface area is 121 Å². The molecule has 0 saturated carbocycles. The number of nitrogens with two attached hydrogens (primary N) is 1. The van der Waals surface area contributed by atoms with E-state index in [0.29, 0.717) is 19.5 Å². The smallest absolute Gasteiger partial charge is 0.330 e.